The largest absolute Gasteiger partial charge is 0.466 e. The first-order valence-electron chi connectivity index (χ1n) is 13.4. The van der Waals surface area contributed by atoms with Gasteiger partial charge in [0.25, 0.3) is 0 Å². The number of ether oxygens (including phenoxy) is 1. The molecule has 0 saturated carbocycles. The van der Waals surface area contributed by atoms with Gasteiger partial charge in [0.2, 0.25) is 12.3 Å². The van der Waals surface area contributed by atoms with Crippen molar-refractivity contribution in [2.24, 2.45) is 0 Å². The van der Waals surface area contributed by atoms with Crippen LogP contribution in [0.25, 0.3) is 0 Å². The number of fused-ring (bicyclic) bond motifs is 1. The van der Waals surface area contributed by atoms with Crippen LogP contribution in [0.1, 0.15) is 41.6 Å². The lowest BCUT2D eigenvalue weighted by atomic mass is 9.88. The number of anilines is 2. The number of aromatic amines is 1. The van der Waals surface area contributed by atoms with E-state index in [0.29, 0.717) is 46.5 Å². The van der Waals surface area contributed by atoms with Crippen molar-refractivity contribution in [3.63, 3.8) is 0 Å². The van der Waals surface area contributed by atoms with E-state index in [4.69, 9.17) is 9.26 Å². The Bertz CT molecular complexity index is 1830. The number of carbonyl (C=O) groups excluding carboxylic acids is 1. The number of nitrogens with zero attached hydrogens (tertiary/aromatic N) is 7. The lowest BCUT2D eigenvalue weighted by Gasteiger charge is -2.36. The molecule has 0 aliphatic carbocycles. The summed E-state index contributed by atoms with van der Waals surface area (Å²) in [7, 11) is 5.01. The summed E-state index contributed by atoms with van der Waals surface area (Å²) in [4.78, 5) is 32.2. The van der Waals surface area contributed by atoms with Gasteiger partial charge in [-0.1, -0.05) is 12.1 Å². The maximum atomic E-state index is 13.6. The third-order valence-corrected chi connectivity index (χ3v) is 7.60. The topological polar surface area (TPSA) is 143 Å². The van der Waals surface area contributed by atoms with E-state index in [9.17, 15) is 28.0 Å². The molecular formula is C29H28F3N8O4+. The number of hydrogen-bond acceptors (Lipinski definition) is 9. The third kappa shape index (κ3) is 5.47. The second-order valence-electron chi connectivity index (χ2n) is 10.7. The number of aromatic nitrogens is 5. The van der Waals surface area contributed by atoms with Crippen LogP contribution in [0.3, 0.4) is 0 Å². The molecule has 0 bridgehead atoms. The molecule has 4 aromatic rings. The number of nitrogens with one attached hydrogen (secondary N) is 1. The standard InChI is InChI=1S/C29H27F3N8O4/c1-17-23(25(41)43-4)24(39-27(35-36-28(39)42)38(17)21-9-5-8-20(14-21)29(30,31)32)22-11-10-18(15-33)13-19(22)7-6-12-40(2,3)26-34-16-44-37-26/h5,8-11,13-14,16,24H,6-7,12H2,1-4H3/p+1/t24-/m1/s1. The summed E-state index contributed by atoms with van der Waals surface area (Å²) in [5, 5.41) is 20.1. The molecule has 2 aromatic heterocycles. The summed E-state index contributed by atoms with van der Waals surface area (Å²) in [5.74, 6) is -0.317. The van der Waals surface area contributed by atoms with Crippen molar-refractivity contribution in [1.29, 1.82) is 5.26 Å². The number of halogens is 3. The smallest absolute Gasteiger partial charge is 0.416 e. The normalized spacial score (nSPS) is 15.2. The van der Waals surface area contributed by atoms with Gasteiger partial charge in [0.15, 0.2) is 0 Å². The van der Waals surface area contributed by atoms with Crippen LogP contribution in [0, 0.1) is 11.3 Å². The second-order valence-corrected chi connectivity index (χ2v) is 10.7. The molecule has 44 heavy (non-hydrogen) atoms. The molecule has 1 aliphatic rings. The van der Waals surface area contributed by atoms with E-state index in [1.807, 2.05) is 14.1 Å². The predicted molar refractivity (Wildman–Crippen MR) is 152 cm³/mol. The molecule has 1 atom stereocenters. The van der Waals surface area contributed by atoms with Crippen molar-refractivity contribution in [2.75, 3.05) is 32.6 Å². The Morgan fingerprint density at radius 1 is 1.23 bits per heavy atom. The van der Waals surface area contributed by atoms with E-state index in [-0.39, 0.29) is 22.9 Å². The number of nitriles is 1. The number of H-pyrrole nitrogens is 1. The van der Waals surface area contributed by atoms with Crippen molar-refractivity contribution in [1.82, 2.24) is 29.4 Å². The fourth-order valence-corrected chi connectivity index (χ4v) is 5.43. The molecule has 5 rings (SSSR count). The molecule has 0 amide bonds. The molecule has 3 heterocycles. The van der Waals surface area contributed by atoms with Crippen molar-refractivity contribution in [2.45, 2.75) is 32.0 Å². The Balaban J connectivity index is 1.64. The van der Waals surface area contributed by atoms with Crippen molar-refractivity contribution >= 4 is 23.6 Å². The van der Waals surface area contributed by atoms with Gasteiger partial charge in [-0.2, -0.15) is 18.4 Å². The minimum Gasteiger partial charge on any atom is -0.466 e. The van der Waals surface area contributed by atoms with Crippen LogP contribution in [0.4, 0.5) is 30.8 Å². The lowest BCUT2D eigenvalue weighted by molar-refractivity contribution is -0.138. The Hall–Kier alpha value is -5.23. The molecule has 0 spiro atoms. The zero-order valence-corrected chi connectivity index (χ0v) is 24.2. The number of allylic oxidation sites excluding steroid dienone is 1. The average Bonchev–Trinajstić information content (AvgIpc) is 3.67. The number of alkyl halides is 3. The van der Waals surface area contributed by atoms with E-state index in [1.165, 1.54) is 35.1 Å². The van der Waals surface area contributed by atoms with Crippen LogP contribution in [-0.4, -0.2) is 58.6 Å². The lowest BCUT2D eigenvalue weighted by Crippen LogP contribution is -2.42. The van der Waals surface area contributed by atoms with Crippen LogP contribution >= 0.6 is 0 Å². The second kappa shape index (κ2) is 11.5. The van der Waals surface area contributed by atoms with Crippen LogP contribution in [-0.2, 0) is 22.1 Å². The minimum absolute atomic E-state index is 0.0188. The summed E-state index contributed by atoms with van der Waals surface area (Å²) in [6, 6.07) is 10.5. The number of quaternary nitrogens is 1. The van der Waals surface area contributed by atoms with Gasteiger partial charge in [-0.05, 0) is 54.8 Å². The predicted octanol–water partition coefficient (Wildman–Crippen LogP) is 4.23. The summed E-state index contributed by atoms with van der Waals surface area (Å²) >= 11 is 0. The molecule has 228 valence electrons. The van der Waals surface area contributed by atoms with E-state index in [0.717, 1.165) is 12.1 Å². The maximum absolute atomic E-state index is 13.6. The fourth-order valence-electron chi connectivity index (χ4n) is 5.43. The number of esters is 1. The van der Waals surface area contributed by atoms with Gasteiger partial charge in [0.1, 0.15) is 6.04 Å². The van der Waals surface area contributed by atoms with E-state index in [2.05, 4.69) is 26.4 Å². The first kappa shape index (κ1) is 30.2. The number of carbonyl (C=O) groups is 1. The molecule has 12 nitrogen and oxygen atoms in total. The first-order valence-corrected chi connectivity index (χ1v) is 13.4. The fraction of sp³-hybridized carbons (Fsp3) is 0.310. The molecule has 0 saturated heterocycles. The molecule has 2 aromatic carbocycles. The highest BCUT2D eigenvalue weighted by molar-refractivity contribution is 5.93. The van der Waals surface area contributed by atoms with Crippen molar-refractivity contribution in [3.05, 3.63) is 92.9 Å². The zero-order chi connectivity index (χ0) is 31.8. The number of methoxy groups -OCH3 is 1. The van der Waals surface area contributed by atoms with Gasteiger partial charge in [0.05, 0.1) is 50.5 Å². The molecule has 1 N–H and O–H groups in total. The van der Waals surface area contributed by atoms with Crippen LogP contribution in [0.15, 0.2) is 69.4 Å². The highest BCUT2D eigenvalue weighted by Crippen LogP contribution is 2.43. The monoisotopic (exact) mass is 609 g/mol. The van der Waals surface area contributed by atoms with E-state index < -0.39 is 29.4 Å². The highest BCUT2D eigenvalue weighted by Gasteiger charge is 2.41. The number of hydrogen-bond donors (Lipinski definition) is 1. The third-order valence-electron chi connectivity index (χ3n) is 7.60. The Kier molecular flexibility index (Phi) is 7.87. The summed E-state index contributed by atoms with van der Waals surface area (Å²) in [6.45, 7) is 2.13. The Morgan fingerprint density at radius 3 is 2.66 bits per heavy atom. The molecule has 1 aliphatic heterocycles. The first-order chi connectivity index (χ1) is 20.9. The number of rotatable bonds is 8. The maximum Gasteiger partial charge on any atom is 0.416 e. The number of benzene rings is 2. The van der Waals surface area contributed by atoms with Gasteiger partial charge in [-0.3, -0.25) is 9.38 Å². The molecule has 0 fully saturated rings. The number of aryl methyl sites for hydroxylation is 1. The molecule has 15 heteroatoms. The quantitative estimate of drug-likeness (QED) is 0.229. The Labute approximate surface area is 249 Å². The van der Waals surface area contributed by atoms with Crippen molar-refractivity contribution < 1.29 is 27.2 Å². The Morgan fingerprint density at radius 2 is 2.00 bits per heavy atom. The van der Waals surface area contributed by atoms with Gasteiger partial charge in [-0.15, -0.1) is 10.1 Å². The van der Waals surface area contributed by atoms with Gasteiger partial charge >= 0.3 is 23.8 Å². The van der Waals surface area contributed by atoms with Crippen LogP contribution in [0.5, 0.6) is 0 Å². The van der Waals surface area contributed by atoms with Gasteiger partial charge in [-0.25, -0.2) is 19.3 Å². The van der Waals surface area contributed by atoms with Crippen LogP contribution < -0.4 is 15.1 Å². The average molecular weight is 610 g/mol. The minimum atomic E-state index is -4.63. The highest BCUT2D eigenvalue weighted by atomic mass is 19.4. The molecule has 0 unspecified atom stereocenters. The zero-order valence-electron chi connectivity index (χ0n) is 24.2. The SMILES string of the molecule is COC(=O)C1=C(C)N(c2cccc(C(F)(F)F)c2)c2n[nH]c(=O)n2[C@@H]1c1ccc(C#N)cc1CCC[N+](C)(C)c1ncon1. The molecule has 0 radical (unpaired) electrons. The van der Waals surface area contributed by atoms with Crippen LogP contribution in [0.2, 0.25) is 0 Å². The van der Waals surface area contributed by atoms with Crippen molar-refractivity contribution in [3.8, 4) is 6.07 Å². The summed E-state index contributed by atoms with van der Waals surface area (Å²) < 4.78 is 52.4. The van der Waals surface area contributed by atoms with Gasteiger partial charge in [0, 0.05) is 23.0 Å². The van der Waals surface area contributed by atoms with E-state index in [1.54, 1.807) is 25.1 Å². The van der Waals surface area contributed by atoms with E-state index >= 15 is 0 Å². The summed E-state index contributed by atoms with van der Waals surface area (Å²) in [5.41, 5.74) is 0.264. The summed E-state index contributed by atoms with van der Waals surface area (Å²) in [6.07, 6.45) is -2.35. The van der Waals surface area contributed by atoms with Gasteiger partial charge < -0.3 is 9.26 Å². The molecular weight excluding hydrogens is 581 g/mol.